The molecule has 104 valence electrons. The molecule has 5 rings (SSSR count). The van der Waals surface area contributed by atoms with Crippen molar-refractivity contribution in [1.29, 1.82) is 0 Å². The molecular formula is C21H13Br. The predicted octanol–water partition coefficient (Wildman–Crippen LogP) is 6.33. The Labute approximate surface area is 137 Å². The van der Waals surface area contributed by atoms with Gasteiger partial charge >= 0.3 is 0 Å². The molecule has 0 aliphatic heterocycles. The van der Waals surface area contributed by atoms with Crippen LogP contribution in [0.5, 0.6) is 0 Å². The second-order valence-electron chi connectivity index (χ2n) is 5.96. The SMILES string of the molecule is Brc1ccc2c(ccc3c4c(ccc32)Cc2ccccc2-4)c1. The van der Waals surface area contributed by atoms with Crippen LogP contribution in [0.4, 0.5) is 0 Å². The molecule has 0 heterocycles. The summed E-state index contributed by atoms with van der Waals surface area (Å²) in [6.45, 7) is 0. The Morgan fingerprint density at radius 2 is 1.50 bits per heavy atom. The zero-order chi connectivity index (χ0) is 14.7. The maximum absolute atomic E-state index is 3.57. The summed E-state index contributed by atoms with van der Waals surface area (Å²) >= 11 is 3.57. The van der Waals surface area contributed by atoms with Crippen LogP contribution in [-0.4, -0.2) is 0 Å². The van der Waals surface area contributed by atoms with Crippen molar-refractivity contribution in [3.63, 3.8) is 0 Å². The number of hydrogen-bond acceptors (Lipinski definition) is 0. The van der Waals surface area contributed by atoms with Crippen molar-refractivity contribution in [2.24, 2.45) is 0 Å². The van der Waals surface area contributed by atoms with Crippen molar-refractivity contribution < 1.29 is 0 Å². The van der Waals surface area contributed by atoms with Gasteiger partial charge in [-0.3, -0.25) is 0 Å². The third-order valence-electron chi connectivity index (χ3n) is 4.73. The molecule has 0 amide bonds. The molecule has 4 aromatic carbocycles. The van der Waals surface area contributed by atoms with Crippen molar-refractivity contribution >= 4 is 37.5 Å². The van der Waals surface area contributed by atoms with Crippen molar-refractivity contribution in [3.8, 4) is 11.1 Å². The Morgan fingerprint density at radius 3 is 2.45 bits per heavy atom. The van der Waals surface area contributed by atoms with Gasteiger partial charge in [0.1, 0.15) is 0 Å². The van der Waals surface area contributed by atoms with E-state index < -0.39 is 0 Å². The van der Waals surface area contributed by atoms with E-state index in [4.69, 9.17) is 0 Å². The Hall–Kier alpha value is -2.12. The average Bonchev–Trinajstić information content (AvgIpc) is 2.93. The molecule has 0 aromatic heterocycles. The molecule has 0 unspecified atom stereocenters. The Morgan fingerprint density at radius 1 is 0.682 bits per heavy atom. The number of benzene rings is 4. The third kappa shape index (κ3) is 1.63. The second-order valence-corrected chi connectivity index (χ2v) is 6.88. The van der Waals surface area contributed by atoms with Crippen LogP contribution in [0.3, 0.4) is 0 Å². The summed E-state index contributed by atoms with van der Waals surface area (Å²) in [6.07, 6.45) is 1.06. The van der Waals surface area contributed by atoms with Gasteiger partial charge in [0, 0.05) is 4.47 Å². The van der Waals surface area contributed by atoms with Gasteiger partial charge in [-0.05, 0) is 62.4 Å². The van der Waals surface area contributed by atoms with Gasteiger partial charge in [0.15, 0.2) is 0 Å². The smallest absolute Gasteiger partial charge is 0.0181 e. The standard InChI is InChI=1S/C21H13Br/c22-16-7-10-17-14(12-16)5-9-20-19(17)8-6-15-11-13-3-1-2-4-18(13)21(15)20/h1-10,12H,11H2. The topological polar surface area (TPSA) is 0 Å². The maximum atomic E-state index is 3.57. The lowest BCUT2D eigenvalue weighted by atomic mass is 9.94. The van der Waals surface area contributed by atoms with E-state index in [1.54, 1.807) is 0 Å². The minimum atomic E-state index is 1.06. The molecule has 4 aromatic rings. The monoisotopic (exact) mass is 344 g/mol. The van der Waals surface area contributed by atoms with Gasteiger partial charge < -0.3 is 0 Å². The summed E-state index contributed by atoms with van der Waals surface area (Å²) in [7, 11) is 0. The van der Waals surface area contributed by atoms with E-state index in [2.05, 4.69) is 82.7 Å². The lowest BCUT2D eigenvalue weighted by molar-refractivity contribution is 1.27. The number of halogens is 1. The van der Waals surface area contributed by atoms with Crippen molar-refractivity contribution in [2.75, 3.05) is 0 Å². The van der Waals surface area contributed by atoms with Gasteiger partial charge in [0.2, 0.25) is 0 Å². The van der Waals surface area contributed by atoms with Gasteiger partial charge in [0.05, 0.1) is 0 Å². The zero-order valence-electron chi connectivity index (χ0n) is 11.9. The van der Waals surface area contributed by atoms with E-state index in [9.17, 15) is 0 Å². The molecule has 1 aliphatic rings. The first-order chi connectivity index (χ1) is 10.8. The first-order valence-corrected chi connectivity index (χ1v) is 8.33. The highest BCUT2D eigenvalue weighted by molar-refractivity contribution is 9.10. The normalized spacial score (nSPS) is 12.6. The van der Waals surface area contributed by atoms with E-state index in [1.165, 1.54) is 43.8 Å². The Bertz CT molecular complexity index is 1060. The van der Waals surface area contributed by atoms with Crippen LogP contribution < -0.4 is 0 Å². The molecule has 0 N–H and O–H groups in total. The quantitative estimate of drug-likeness (QED) is 0.288. The molecule has 0 radical (unpaired) electrons. The molecule has 0 bridgehead atoms. The summed E-state index contributed by atoms with van der Waals surface area (Å²) in [5, 5.41) is 5.33. The minimum Gasteiger partial charge on any atom is -0.0619 e. The van der Waals surface area contributed by atoms with Crippen LogP contribution in [0.15, 0.2) is 71.2 Å². The van der Waals surface area contributed by atoms with E-state index >= 15 is 0 Å². The van der Waals surface area contributed by atoms with E-state index in [0.717, 1.165) is 10.9 Å². The summed E-state index contributed by atoms with van der Waals surface area (Å²) < 4.78 is 1.13. The lowest BCUT2D eigenvalue weighted by Crippen LogP contribution is -1.84. The van der Waals surface area contributed by atoms with Crippen molar-refractivity contribution in [1.82, 2.24) is 0 Å². The zero-order valence-corrected chi connectivity index (χ0v) is 13.5. The van der Waals surface area contributed by atoms with Crippen LogP contribution >= 0.6 is 15.9 Å². The predicted molar refractivity (Wildman–Crippen MR) is 97.4 cm³/mol. The molecule has 0 atom stereocenters. The molecule has 1 heteroatoms. The van der Waals surface area contributed by atoms with Crippen LogP contribution in [0.2, 0.25) is 0 Å². The molecule has 1 aliphatic carbocycles. The highest BCUT2D eigenvalue weighted by Crippen LogP contribution is 2.42. The Kier molecular flexibility index (Phi) is 2.51. The number of hydrogen-bond donors (Lipinski definition) is 0. The lowest BCUT2D eigenvalue weighted by Gasteiger charge is -2.10. The third-order valence-corrected chi connectivity index (χ3v) is 5.23. The first-order valence-electron chi connectivity index (χ1n) is 7.53. The largest absolute Gasteiger partial charge is 0.0619 e. The van der Waals surface area contributed by atoms with Gasteiger partial charge in [0.25, 0.3) is 0 Å². The van der Waals surface area contributed by atoms with Crippen molar-refractivity contribution in [3.05, 3.63) is 82.3 Å². The fourth-order valence-electron chi connectivity index (χ4n) is 3.75. The van der Waals surface area contributed by atoms with Crippen molar-refractivity contribution in [2.45, 2.75) is 6.42 Å². The van der Waals surface area contributed by atoms with E-state index in [1.807, 2.05) is 0 Å². The molecule has 22 heavy (non-hydrogen) atoms. The molecule has 0 fully saturated rings. The van der Waals surface area contributed by atoms with E-state index in [0.29, 0.717) is 0 Å². The Balaban J connectivity index is 1.94. The van der Waals surface area contributed by atoms with Gasteiger partial charge in [-0.1, -0.05) is 70.5 Å². The van der Waals surface area contributed by atoms with Gasteiger partial charge in [-0.15, -0.1) is 0 Å². The molecule has 0 nitrogen and oxygen atoms in total. The summed E-state index contributed by atoms with van der Waals surface area (Å²) in [6, 6.07) is 24.4. The maximum Gasteiger partial charge on any atom is 0.0181 e. The minimum absolute atomic E-state index is 1.06. The molecular weight excluding hydrogens is 332 g/mol. The second kappa shape index (κ2) is 4.44. The van der Waals surface area contributed by atoms with E-state index in [-0.39, 0.29) is 0 Å². The van der Waals surface area contributed by atoms with Crippen LogP contribution in [0.1, 0.15) is 11.1 Å². The summed E-state index contributed by atoms with van der Waals surface area (Å²) in [5.74, 6) is 0. The average molecular weight is 345 g/mol. The first kappa shape index (κ1) is 12.4. The van der Waals surface area contributed by atoms with Crippen LogP contribution in [0, 0.1) is 0 Å². The summed E-state index contributed by atoms with van der Waals surface area (Å²) in [5.41, 5.74) is 5.73. The van der Waals surface area contributed by atoms with Gasteiger partial charge in [-0.2, -0.15) is 0 Å². The fraction of sp³-hybridized carbons (Fsp3) is 0.0476. The highest BCUT2D eigenvalue weighted by Gasteiger charge is 2.20. The number of fused-ring (bicyclic) bond motifs is 7. The highest BCUT2D eigenvalue weighted by atomic mass is 79.9. The van der Waals surface area contributed by atoms with Crippen LogP contribution in [-0.2, 0) is 6.42 Å². The molecule has 0 saturated heterocycles. The molecule has 0 saturated carbocycles. The van der Waals surface area contributed by atoms with Crippen LogP contribution in [0.25, 0.3) is 32.7 Å². The number of rotatable bonds is 0. The summed E-state index contributed by atoms with van der Waals surface area (Å²) in [4.78, 5) is 0. The van der Waals surface area contributed by atoms with Gasteiger partial charge in [-0.25, -0.2) is 0 Å². The molecule has 0 spiro atoms. The fourth-order valence-corrected chi connectivity index (χ4v) is 4.13.